The fourth-order valence-corrected chi connectivity index (χ4v) is 4.63. The van der Waals surface area contributed by atoms with E-state index in [4.69, 9.17) is 10.2 Å². The van der Waals surface area contributed by atoms with Gasteiger partial charge in [-0.05, 0) is 0 Å². The van der Waals surface area contributed by atoms with Crippen molar-refractivity contribution in [3.8, 4) is 32.8 Å². The van der Waals surface area contributed by atoms with Crippen molar-refractivity contribution in [3.63, 3.8) is 0 Å². The summed E-state index contributed by atoms with van der Waals surface area (Å²) < 4.78 is 3.52. The van der Waals surface area contributed by atoms with Crippen molar-refractivity contribution in [2.45, 2.75) is 0 Å². The van der Waals surface area contributed by atoms with Gasteiger partial charge in [0, 0.05) is 11.1 Å². The van der Waals surface area contributed by atoms with Crippen LogP contribution in [-0.2, 0) is 0 Å². The van der Waals surface area contributed by atoms with Crippen LogP contribution in [0.5, 0.6) is 0 Å². The Hall–Kier alpha value is -3.50. The SMILES string of the molecule is c1ccc(-c2nnc3sc(-c4nn5c(-c6ccccc6)nnc5s4)nn23)cc1. The van der Waals surface area contributed by atoms with Gasteiger partial charge in [0.25, 0.3) is 0 Å². The lowest BCUT2D eigenvalue weighted by atomic mass is 10.2. The van der Waals surface area contributed by atoms with E-state index in [9.17, 15) is 0 Å². The van der Waals surface area contributed by atoms with Crippen LogP contribution in [0.15, 0.2) is 60.7 Å². The molecule has 0 fully saturated rings. The Bertz CT molecular complexity index is 1300. The van der Waals surface area contributed by atoms with E-state index in [0.29, 0.717) is 11.6 Å². The predicted molar refractivity (Wildman–Crippen MR) is 107 cm³/mol. The van der Waals surface area contributed by atoms with Crippen molar-refractivity contribution in [2.75, 3.05) is 0 Å². The molecule has 0 atom stereocenters. The third-order valence-corrected chi connectivity index (χ3v) is 6.17. The Labute approximate surface area is 165 Å². The molecule has 10 heteroatoms. The summed E-state index contributed by atoms with van der Waals surface area (Å²) in [5, 5.41) is 28.0. The second-order valence-electron chi connectivity index (χ2n) is 5.98. The van der Waals surface area contributed by atoms with E-state index in [1.165, 1.54) is 22.7 Å². The zero-order valence-corrected chi connectivity index (χ0v) is 15.8. The first kappa shape index (κ1) is 15.5. The van der Waals surface area contributed by atoms with Gasteiger partial charge in [0.1, 0.15) is 0 Å². The van der Waals surface area contributed by atoms with Gasteiger partial charge in [0.2, 0.25) is 9.92 Å². The first-order chi connectivity index (χ1) is 13.9. The molecule has 0 aliphatic rings. The van der Waals surface area contributed by atoms with Gasteiger partial charge in [-0.25, -0.2) is 0 Å². The average Bonchev–Trinajstić information content (AvgIpc) is 3.48. The summed E-state index contributed by atoms with van der Waals surface area (Å²) in [6.07, 6.45) is 0. The average molecular weight is 402 g/mol. The molecule has 4 aromatic heterocycles. The van der Waals surface area contributed by atoms with E-state index in [1.54, 1.807) is 9.03 Å². The molecule has 0 saturated heterocycles. The molecule has 6 aromatic rings. The van der Waals surface area contributed by atoms with Crippen molar-refractivity contribution in [2.24, 2.45) is 0 Å². The summed E-state index contributed by atoms with van der Waals surface area (Å²) in [5.41, 5.74) is 1.94. The maximum Gasteiger partial charge on any atom is 0.235 e. The van der Waals surface area contributed by atoms with Crippen LogP contribution >= 0.6 is 22.7 Å². The fraction of sp³-hybridized carbons (Fsp3) is 0. The van der Waals surface area contributed by atoms with E-state index in [-0.39, 0.29) is 0 Å². The Morgan fingerprint density at radius 2 is 0.964 bits per heavy atom. The zero-order valence-electron chi connectivity index (χ0n) is 14.2. The lowest BCUT2D eigenvalue weighted by molar-refractivity contribution is 0.944. The van der Waals surface area contributed by atoms with Crippen molar-refractivity contribution in [1.82, 2.24) is 39.6 Å². The highest BCUT2D eigenvalue weighted by atomic mass is 32.1. The molecule has 8 nitrogen and oxygen atoms in total. The molecule has 6 rings (SSSR count). The number of benzene rings is 2. The highest BCUT2D eigenvalue weighted by Gasteiger charge is 2.19. The quantitative estimate of drug-likeness (QED) is 0.449. The zero-order chi connectivity index (χ0) is 18.5. The third kappa shape index (κ3) is 2.35. The molecule has 134 valence electrons. The van der Waals surface area contributed by atoms with Crippen LogP contribution in [0, 0.1) is 0 Å². The Balaban J connectivity index is 1.46. The molecule has 0 spiro atoms. The maximum atomic E-state index is 4.69. The molecule has 0 saturated carbocycles. The Morgan fingerprint density at radius 3 is 1.39 bits per heavy atom. The molecule has 2 aromatic carbocycles. The summed E-state index contributed by atoms with van der Waals surface area (Å²) in [7, 11) is 0. The normalized spacial score (nSPS) is 11.6. The Kier molecular flexibility index (Phi) is 3.34. The highest BCUT2D eigenvalue weighted by Crippen LogP contribution is 2.32. The summed E-state index contributed by atoms with van der Waals surface area (Å²) in [5.74, 6) is 1.43. The van der Waals surface area contributed by atoms with Gasteiger partial charge in [0.05, 0.1) is 0 Å². The summed E-state index contributed by atoms with van der Waals surface area (Å²) in [6.45, 7) is 0. The Morgan fingerprint density at radius 1 is 0.536 bits per heavy atom. The van der Waals surface area contributed by atoms with Crippen LogP contribution in [0.1, 0.15) is 0 Å². The number of aromatic nitrogens is 8. The van der Waals surface area contributed by atoms with E-state index in [2.05, 4.69) is 20.4 Å². The molecular formula is C18H10N8S2. The number of hydrogen-bond donors (Lipinski definition) is 0. The topological polar surface area (TPSA) is 86.2 Å². The molecule has 0 N–H and O–H groups in total. The minimum atomic E-state index is 0.714. The molecule has 4 heterocycles. The molecule has 0 bridgehead atoms. The first-order valence-corrected chi connectivity index (χ1v) is 10.1. The van der Waals surface area contributed by atoms with Crippen molar-refractivity contribution >= 4 is 32.6 Å². The number of fused-ring (bicyclic) bond motifs is 2. The molecule has 28 heavy (non-hydrogen) atoms. The van der Waals surface area contributed by atoms with Gasteiger partial charge < -0.3 is 0 Å². The summed E-state index contributed by atoms with van der Waals surface area (Å²) in [4.78, 5) is 1.45. The lowest BCUT2D eigenvalue weighted by Crippen LogP contribution is -1.92. The predicted octanol–water partition coefficient (Wildman–Crippen LogP) is 3.69. The van der Waals surface area contributed by atoms with Crippen LogP contribution in [0.4, 0.5) is 0 Å². The standard InChI is InChI=1S/C18H10N8S2/c1-3-7-11(8-4-1)13-19-21-17-25(13)23-15(27-17)16-24-26-14(20-22-18(26)28-16)12-9-5-2-6-10-12/h1-10H. The number of nitrogens with zero attached hydrogens (tertiary/aromatic N) is 8. The van der Waals surface area contributed by atoms with Crippen LogP contribution in [0.3, 0.4) is 0 Å². The minimum Gasteiger partial charge on any atom is -0.182 e. The van der Waals surface area contributed by atoms with Gasteiger partial charge in [-0.15, -0.1) is 30.6 Å². The summed E-state index contributed by atoms with van der Waals surface area (Å²) >= 11 is 2.90. The second-order valence-corrected chi connectivity index (χ2v) is 7.89. The van der Waals surface area contributed by atoms with Gasteiger partial charge in [-0.2, -0.15) is 9.03 Å². The monoisotopic (exact) mass is 402 g/mol. The van der Waals surface area contributed by atoms with E-state index in [0.717, 1.165) is 31.1 Å². The first-order valence-electron chi connectivity index (χ1n) is 8.42. The van der Waals surface area contributed by atoms with E-state index >= 15 is 0 Å². The van der Waals surface area contributed by atoms with Crippen LogP contribution in [-0.4, -0.2) is 39.6 Å². The number of hydrogen-bond acceptors (Lipinski definition) is 8. The van der Waals surface area contributed by atoms with Crippen LogP contribution < -0.4 is 0 Å². The molecular weight excluding hydrogens is 392 g/mol. The van der Waals surface area contributed by atoms with E-state index < -0.39 is 0 Å². The van der Waals surface area contributed by atoms with Crippen LogP contribution in [0.25, 0.3) is 42.7 Å². The molecule has 0 aliphatic carbocycles. The van der Waals surface area contributed by atoms with Gasteiger partial charge >= 0.3 is 0 Å². The fourth-order valence-electron chi connectivity index (χ4n) is 2.94. The smallest absolute Gasteiger partial charge is 0.182 e. The van der Waals surface area contributed by atoms with Crippen molar-refractivity contribution in [1.29, 1.82) is 0 Å². The van der Waals surface area contributed by atoms with Crippen LogP contribution in [0.2, 0.25) is 0 Å². The summed E-state index contributed by atoms with van der Waals surface area (Å²) in [6, 6.07) is 19.8. The largest absolute Gasteiger partial charge is 0.235 e. The van der Waals surface area contributed by atoms with Gasteiger partial charge in [-0.3, -0.25) is 0 Å². The molecule has 0 amide bonds. The second kappa shape index (κ2) is 6.01. The molecule has 0 aliphatic heterocycles. The molecule has 0 unspecified atom stereocenters. The third-order valence-electron chi connectivity index (χ3n) is 4.23. The maximum absolute atomic E-state index is 4.69. The van der Waals surface area contributed by atoms with Crippen molar-refractivity contribution in [3.05, 3.63) is 60.7 Å². The van der Waals surface area contributed by atoms with Gasteiger partial charge in [-0.1, -0.05) is 83.3 Å². The van der Waals surface area contributed by atoms with Gasteiger partial charge in [0.15, 0.2) is 21.7 Å². The highest BCUT2D eigenvalue weighted by molar-refractivity contribution is 7.26. The lowest BCUT2D eigenvalue weighted by Gasteiger charge is -1.95. The van der Waals surface area contributed by atoms with E-state index in [1.807, 2.05) is 60.7 Å². The minimum absolute atomic E-state index is 0.714. The number of rotatable bonds is 3. The molecule has 0 radical (unpaired) electrons. The van der Waals surface area contributed by atoms with Crippen molar-refractivity contribution < 1.29 is 0 Å².